The first-order valence-electron chi connectivity index (χ1n) is 6.92. The number of thioether (sulfide) groups is 2. The summed E-state index contributed by atoms with van der Waals surface area (Å²) in [6, 6.07) is -0.909. The molecule has 0 saturated heterocycles. The molecule has 7 heteroatoms. The van der Waals surface area contributed by atoms with E-state index in [1.54, 1.807) is 0 Å². The second-order valence-corrected chi connectivity index (χ2v) is 6.69. The smallest absolute Gasteiger partial charge is 0.321 e. The van der Waals surface area contributed by atoms with Gasteiger partial charge in [0.1, 0.15) is 11.1 Å². The van der Waals surface area contributed by atoms with Gasteiger partial charge in [0.15, 0.2) is 0 Å². The lowest BCUT2D eigenvalue weighted by atomic mass is 10.1. The maximum Gasteiger partial charge on any atom is 0.321 e. The first-order chi connectivity index (χ1) is 9.61. The number of aliphatic carboxylic acids is 1. The van der Waals surface area contributed by atoms with Crippen LogP contribution in [0, 0.1) is 0 Å². The van der Waals surface area contributed by atoms with E-state index in [1.807, 2.05) is 11.8 Å². The summed E-state index contributed by atoms with van der Waals surface area (Å²) in [6.45, 7) is 0. The number of unbranched alkanes of at least 4 members (excludes halogenated alkanes) is 5. The van der Waals surface area contributed by atoms with Crippen LogP contribution in [0.3, 0.4) is 0 Å². The van der Waals surface area contributed by atoms with Gasteiger partial charge < -0.3 is 16.0 Å². The van der Waals surface area contributed by atoms with E-state index in [2.05, 4.69) is 11.4 Å². The largest absolute Gasteiger partial charge is 0.480 e. The second kappa shape index (κ2) is 13.6. The molecule has 4 N–H and O–H groups in total. The van der Waals surface area contributed by atoms with Gasteiger partial charge in [0, 0.05) is 5.75 Å². The highest BCUT2D eigenvalue weighted by Gasteiger charge is 2.13. The quantitative estimate of drug-likeness (QED) is 0.168. The number of hydrogen-bond acceptors (Lipinski definition) is 6. The van der Waals surface area contributed by atoms with Crippen molar-refractivity contribution in [2.75, 3.05) is 17.8 Å². The number of rotatable bonds is 12. The van der Waals surface area contributed by atoms with Crippen molar-refractivity contribution < 1.29 is 15.1 Å². The van der Waals surface area contributed by atoms with Gasteiger partial charge in [-0.15, -0.1) is 11.8 Å². The van der Waals surface area contributed by atoms with Crippen LogP contribution in [-0.4, -0.2) is 45.1 Å². The zero-order chi connectivity index (χ0) is 15.2. The summed E-state index contributed by atoms with van der Waals surface area (Å²) in [4.78, 5) is 10.6. The summed E-state index contributed by atoms with van der Waals surface area (Å²) in [5.74, 6) is 0.450. The normalized spacial score (nSPS) is 13.4. The average Bonchev–Trinajstić information content (AvgIpc) is 2.44. The molecule has 1 atom stereocenters. The minimum absolute atomic E-state index is 0.239. The van der Waals surface area contributed by atoms with Gasteiger partial charge in [-0.1, -0.05) is 30.8 Å². The minimum atomic E-state index is -1.03. The molecule has 0 rings (SSSR count). The van der Waals surface area contributed by atoms with Crippen molar-refractivity contribution in [3.63, 3.8) is 0 Å². The van der Waals surface area contributed by atoms with Crippen molar-refractivity contribution in [3.05, 3.63) is 0 Å². The Labute approximate surface area is 129 Å². The molecule has 118 valence electrons. The number of nitrogens with zero attached hydrogens (tertiary/aromatic N) is 1. The van der Waals surface area contributed by atoms with Gasteiger partial charge in [0.25, 0.3) is 0 Å². The molecule has 20 heavy (non-hydrogen) atoms. The Morgan fingerprint density at radius 1 is 1.20 bits per heavy atom. The van der Waals surface area contributed by atoms with Crippen molar-refractivity contribution >= 4 is 34.5 Å². The molecule has 0 aromatic carbocycles. The summed E-state index contributed by atoms with van der Waals surface area (Å²) in [5, 5.41) is 21.3. The van der Waals surface area contributed by atoms with E-state index in [0.717, 1.165) is 12.8 Å². The Bertz CT molecular complexity index is 289. The minimum Gasteiger partial charge on any atom is -0.480 e. The van der Waals surface area contributed by atoms with Crippen LogP contribution in [0.1, 0.15) is 44.9 Å². The standard InChI is InChI=1S/C13H26N2O3S2/c1-19-9-7-5-3-2-4-6-8-12(15-18)20-10-11(14)13(16)17/h11,18H,2-10,14H2,1H3,(H,16,17)/t11-/m0/s1. The molecule has 0 aliphatic carbocycles. The van der Waals surface area contributed by atoms with E-state index in [4.69, 9.17) is 16.0 Å². The third kappa shape index (κ3) is 11.4. The van der Waals surface area contributed by atoms with Crippen molar-refractivity contribution in [1.29, 1.82) is 0 Å². The van der Waals surface area contributed by atoms with E-state index >= 15 is 0 Å². The Balaban J connectivity index is 3.54. The van der Waals surface area contributed by atoms with Gasteiger partial charge in [-0.05, 0) is 31.3 Å². The molecule has 0 bridgehead atoms. The number of hydrogen-bond donors (Lipinski definition) is 3. The van der Waals surface area contributed by atoms with E-state index in [-0.39, 0.29) is 5.75 Å². The first-order valence-corrected chi connectivity index (χ1v) is 9.30. The molecule has 0 spiro atoms. The lowest BCUT2D eigenvalue weighted by molar-refractivity contribution is -0.137. The maximum atomic E-state index is 10.6. The predicted octanol–water partition coefficient (Wildman–Crippen LogP) is 3.01. The average molecular weight is 322 g/mol. The Morgan fingerprint density at radius 3 is 2.35 bits per heavy atom. The molecule has 5 nitrogen and oxygen atoms in total. The van der Waals surface area contributed by atoms with Crippen molar-refractivity contribution in [3.8, 4) is 0 Å². The number of carboxylic acid groups (broad SMARTS) is 1. The fraction of sp³-hybridized carbons (Fsp3) is 0.846. The molecule has 0 aliphatic rings. The fourth-order valence-electron chi connectivity index (χ4n) is 1.64. The number of carboxylic acids is 1. The Morgan fingerprint density at radius 2 is 1.80 bits per heavy atom. The van der Waals surface area contributed by atoms with Crippen LogP contribution in [0.2, 0.25) is 0 Å². The molecular weight excluding hydrogens is 296 g/mol. The van der Waals surface area contributed by atoms with Crippen LogP contribution in [-0.2, 0) is 4.79 Å². The summed E-state index contributed by atoms with van der Waals surface area (Å²) in [6.07, 6.45) is 9.93. The van der Waals surface area contributed by atoms with E-state index in [0.29, 0.717) is 11.5 Å². The van der Waals surface area contributed by atoms with E-state index in [9.17, 15) is 4.79 Å². The van der Waals surface area contributed by atoms with Crippen LogP contribution >= 0.6 is 23.5 Å². The van der Waals surface area contributed by atoms with Crippen LogP contribution in [0.5, 0.6) is 0 Å². The lowest BCUT2D eigenvalue weighted by Gasteiger charge is -2.07. The highest BCUT2D eigenvalue weighted by molar-refractivity contribution is 8.14. The summed E-state index contributed by atoms with van der Waals surface area (Å²) in [7, 11) is 0. The van der Waals surface area contributed by atoms with Gasteiger partial charge >= 0.3 is 5.97 Å². The zero-order valence-electron chi connectivity index (χ0n) is 12.1. The molecule has 0 aromatic heterocycles. The van der Waals surface area contributed by atoms with Crippen LogP contribution in [0.15, 0.2) is 5.16 Å². The summed E-state index contributed by atoms with van der Waals surface area (Å²) >= 11 is 3.11. The van der Waals surface area contributed by atoms with Gasteiger partial charge in [0.05, 0.1) is 0 Å². The third-order valence-electron chi connectivity index (χ3n) is 2.85. The van der Waals surface area contributed by atoms with Gasteiger partial charge in [-0.3, -0.25) is 4.79 Å². The maximum absolute atomic E-state index is 10.6. The Hall–Kier alpha value is -0.400. The monoisotopic (exact) mass is 322 g/mol. The van der Waals surface area contributed by atoms with E-state index < -0.39 is 12.0 Å². The SMILES string of the molecule is CSCCCCCCCCC(=NO)SC[C@H](N)C(=O)O. The molecule has 0 aliphatic heterocycles. The van der Waals surface area contributed by atoms with Crippen LogP contribution in [0.4, 0.5) is 0 Å². The highest BCUT2D eigenvalue weighted by atomic mass is 32.2. The van der Waals surface area contributed by atoms with Crippen LogP contribution < -0.4 is 5.73 Å². The van der Waals surface area contributed by atoms with Gasteiger partial charge in [-0.2, -0.15) is 11.8 Å². The third-order valence-corrected chi connectivity index (χ3v) is 4.69. The highest BCUT2D eigenvalue weighted by Crippen LogP contribution is 2.14. The molecular formula is C13H26N2O3S2. The molecule has 0 fully saturated rings. The predicted molar refractivity (Wildman–Crippen MR) is 88.0 cm³/mol. The van der Waals surface area contributed by atoms with Crippen molar-refractivity contribution in [1.82, 2.24) is 0 Å². The molecule has 0 heterocycles. The van der Waals surface area contributed by atoms with Crippen LogP contribution in [0.25, 0.3) is 0 Å². The van der Waals surface area contributed by atoms with Crippen molar-refractivity contribution in [2.45, 2.75) is 51.0 Å². The number of nitrogens with two attached hydrogens (primary N) is 1. The summed E-state index contributed by atoms with van der Waals surface area (Å²) in [5.41, 5.74) is 5.40. The second-order valence-electron chi connectivity index (χ2n) is 4.61. The molecule has 0 radical (unpaired) electrons. The molecule has 0 unspecified atom stereocenters. The number of oxime groups is 1. The Kier molecular flexibility index (Phi) is 13.3. The topological polar surface area (TPSA) is 95.9 Å². The summed E-state index contributed by atoms with van der Waals surface area (Å²) < 4.78 is 0. The lowest BCUT2D eigenvalue weighted by Crippen LogP contribution is -2.32. The van der Waals surface area contributed by atoms with Crippen molar-refractivity contribution in [2.24, 2.45) is 10.9 Å². The fourth-order valence-corrected chi connectivity index (χ4v) is 2.99. The molecule has 0 saturated carbocycles. The van der Waals surface area contributed by atoms with Gasteiger partial charge in [0.2, 0.25) is 0 Å². The molecule has 0 amide bonds. The molecule has 0 aromatic rings. The number of carbonyl (C=O) groups is 1. The van der Waals surface area contributed by atoms with E-state index in [1.165, 1.54) is 43.2 Å². The first kappa shape index (κ1) is 19.6. The van der Waals surface area contributed by atoms with Gasteiger partial charge in [-0.25, -0.2) is 0 Å². The zero-order valence-corrected chi connectivity index (χ0v) is 13.7.